The second-order valence-corrected chi connectivity index (χ2v) is 26.0. The van der Waals surface area contributed by atoms with Gasteiger partial charge in [-0.05, 0) is 43.2 Å². The molecular weight excluding hydrogens is 827 g/mol. The summed E-state index contributed by atoms with van der Waals surface area (Å²) in [7, 11) is 0. The summed E-state index contributed by atoms with van der Waals surface area (Å²) in [4.78, 5) is 13.9. The second kappa shape index (κ2) is 15.2. The summed E-state index contributed by atoms with van der Waals surface area (Å²) in [6.07, 6.45) is 11.8. The van der Waals surface area contributed by atoms with Crippen molar-refractivity contribution in [2.24, 2.45) is 11.3 Å². The van der Waals surface area contributed by atoms with Crippen LogP contribution in [0.2, 0.25) is 17.3 Å². The molecule has 1 radical (unpaired) electrons. The third-order valence-corrected chi connectivity index (χ3v) is 13.4. The third-order valence-electron chi connectivity index (χ3n) is 9.02. The quantitative estimate of drug-likeness (QED) is 0.124. The number of fused-ring (bicyclic) bond motifs is 3. The first-order chi connectivity index (χ1) is 22.4. The number of furan rings is 1. The predicted molar refractivity (Wildman–Crippen MR) is 199 cm³/mol. The molecule has 1 aliphatic rings. The van der Waals surface area contributed by atoms with Gasteiger partial charge in [-0.15, -0.1) is 18.2 Å². The molecule has 48 heavy (non-hydrogen) atoms. The van der Waals surface area contributed by atoms with E-state index < -0.39 is 13.3 Å². The Balaban J connectivity index is 0.000000189. The number of hydrogen-bond donors (Lipinski definition) is 0. The first kappa shape index (κ1) is 36.2. The summed E-state index contributed by atoms with van der Waals surface area (Å²) in [6, 6.07) is 29.5. The van der Waals surface area contributed by atoms with Crippen molar-refractivity contribution in [1.29, 1.82) is 0 Å². The van der Waals surface area contributed by atoms with Gasteiger partial charge >= 0.3 is 132 Å². The van der Waals surface area contributed by atoms with E-state index in [1.54, 1.807) is 0 Å². The number of pyridine rings is 3. The molecule has 251 valence electrons. The van der Waals surface area contributed by atoms with Crippen LogP contribution in [0.3, 0.4) is 0 Å². The maximum absolute atomic E-state index is 6.11. The van der Waals surface area contributed by atoms with E-state index in [9.17, 15) is 0 Å². The van der Waals surface area contributed by atoms with Crippen molar-refractivity contribution < 1.29 is 24.5 Å². The topological polar surface area (TPSA) is 51.8 Å². The molecule has 0 saturated heterocycles. The van der Waals surface area contributed by atoms with Crippen LogP contribution in [0, 0.1) is 30.4 Å². The number of rotatable bonds is 6. The van der Waals surface area contributed by atoms with E-state index in [1.165, 1.54) is 41.2 Å². The smallest absolute Gasteiger partial charge is 0.216 e. The summed E-state index contributed by atoms with van der Waals surface area (Å²) >= 11 is -1.90. The van der Waals surface area contributed by atoms with Crippen LogP contribution in [0.15, 0.2) is 83.5 Å². The Morgan fingerprint density at radius 2 is 1.67 bits per heavy atom. The third kappa shape index (κ3) is 8.72. The summed E-state index contributed by atoms with van der Waals surface area (Å²) in [6.45, 7) is 8.90. The monoisotopic (exact) mass is 876 g/mol. The summed E-state index contributed by atoms with van der Waals surface area (Å²) in [5, 5.41) is 2.12. The van der Waals surface area contributed by atoms with Crippen molar-refractivity contribution in [3.8, 4) is 22.5 Å². The largest absolute Gasteiger partial charge is 0.486 e. The number of aromatic nitrogens is 3. The molecule has 0 aliphatic heterocycles. The van der Waals surface area contributed by atoms with Crippen molar-refractivity contribution in [3.05, 3.63) is 108 Å². The Morgan fingerprint density at radius 1 is 0.875 bits per heavy atom. The first-order valence-corrected chi connectivity index (χ1v) is 24.4. The average Bonchev–Trinajstić information content (AvgIpc) is 3.68. The fraction of sp³-hybridized carbons (Fsp3) is 0.357. The van der Waals surface area contributed by atoms with Gasteiger partial charge in [-0.25, -0.2) is 4.98 Å². The molecule has 6 aromatic rings. The van der Waals surface area contributed by atoms with E-state index in [-0.39, 0.29) is 20.1 Å². The Labute approximate surface area is 302 Å². The molecule has 0 N–H and O–H groups in total. The van der Waals surface area contributed by atoms with Gasteiger partial charge in [0.05, 0.1) is 5.58 Å². The second-order valence-electron chi connectivity index (χ2n) is 15.4. The SMILES string of the molecule is CC(C)(C)Cc1cc(-c2[c-]cccc2)nc[c]1[Ge]([CH3])([CH3])[CH3].Cc1ccc2c(n1)oc1c(-c3cc(CC4CCCC4)ccn3)[c-]ccc12.[Ir]. The van der Waals surface area contributed by atoms with Gasteiger partial charge in [-0.1, -0.05) is 48.3 Å². The van der Waals surface area contributed by atoms with Gasteiger partial charge in [0.2, 0.25) is 5.71 Å². The molecule has 4 nitrogen and oxygen atoms in total. The molecule has 4 aromatic heterocycles. The van der Waals surface area contributed by atoms with Gasteiger partial charge in [0.25, 0.3) is 0 Å². The minimum atomic E-state index is -1.90. The van der Waals surface area contributed by atoms with Gasteiger partial charge in [-0.3, -0.25) is 0 Å². The maximum atomic E-state index is 6.11. The van der Waals surface area contributed by atoms with Gasteiger partial charge in [0.1, 0.15) is 0 Å². The number of hydrogen-bond acceptors (Lipinski definition) is 4. The molecule has 0 unspecified atom stereocenters. The average molecular weight is 875 g/mol. The summed E-state index contributed by atoms with van der Waals surface area (Å²) in [5.74, 6) is 8.15. The zero-order valence-electron chi connectivity index (χ0n) is 29.4. The molecule has 1 fully saturated rings. The van der Waals surface area contributed by atoms with Gasteiger partial charge in [0.15, 0.2) is 0 Å². The van der Waals surface area contributed by atoms with E-state index in [4.69, 9.17) is 9.40 Å². The fourth-order valence-electron chi connectivity index (χ4n) is 6.78. The molecule has 0 bridgehead atoms. The summed E-state index contributed by atoms with van der Waals surface area (Å²) < 4.78 is 7.64. The van der Waals surface area contributed by atoms with Crippen LogP contribution in [-0.2, 0) is 32.9 Å². The van der Waals surface area contributed by atoms with Gasteiger partial charge in [-0.2, -0.15) is 0 Å². The first-order valence-electron chi connectivity index (χ1n) is 17.1. The minimum Gasteiger partial charge on any atom is -0.486 e. The van der Waals surface area contributed by atoms with E-state index in [2.05, 4.69) is 96.7 Å². The van der Waals surface area contributed by atoms with Crippen LogP contribution in [0.4, 0.5) is 0 Å². The van der Waals surface area contributed by atoms with Crippen LogP contribution >= 0.6 is 0 Å². The Bertz CT molecular complexity index is 1980. The van der Waals surface area contributed by atoms with Crippen LogP contribution in [0.5, 0.6) is 0 Å². The Hall–Kier alpha value is -3.12. The fourth-order valence-corrected chi connectivity index (χ4v) is 10.1. The molecule has 4 heterocycles. The van der Waals surface area contributed by atoms with Gasteiger partial charge < -0.3 is 9.40 Å². The molecule has 2 aromatic carbocycles. The van der Waals surface area contributed by atoms with Crippen LogP contribution in [0.1, 0.15) is 63.3 Å². The molecule has 0 spiro atoms. The van der Waals surface area contributed by atoms with Gasteiger partial charge in [0, 0.05) is 37.4 Å². The van der Waals surface area contributed by atoms with Crippen molar-refractivity contribution in [2.75, 3.05) is 0 Å². The normalized spacial score (nSPS) is 13.7. The van der Waals surface area contributed by atoms with Crippen molar-refractivity contribution in [3.63, 3.8) is 0 Å². The number of aryl methyl sites for hydroxylation is 1. The zero-order chi connectivity index (χ0) is 33.2. The maximum Gasteiger partial charge on any atom is 0.216 e. The van der Waals surface area contributed by atoms with Crippen molar-refractivity contribution in [2.45, 2.75) is 83.5 Å². The molecule has 1 saturated carbocycles. The van der Waals surface area contributed by atoms with Crippen molar-refractivity contribution >= 4 is 39.7 Å². The van der Waals surface area contributed by atoms with E-state index >= 15 is 0 Å². The van der Waals surface area contributed by atoms with Crippen LogP contribution in [0.25, 0.3) is 44.6 Å². The van der Waals surface area contributed by atoms with E-state index in [0.717, 1.165) is 63.3 Å². The molecule has 0 amide bonds. The predicted octanol–water partition coefficient (Wildman–Crippen LogP) is 10.6. The van der Waals surface area contributed by atoms with Crippen LogP contribution < -0.4 is 4.40 Å². The van der Waals surface area contributed by atoms with E-state index in [0.29, 0.717) is 11.1 Å². The van der Waals surface area contributed by atoms with Crippen molar-refractivity contribution in [1.82, 2.24) is 15.0 Å². The minimum absolute atomic E-state index is 0. The van der Waals surface area contributed by atoms with E-state index in [1.807, 2.05) is 49.5 Å². The number of benzene rings is 2. The standard InChI is InChI=1S/C23H21N2O.C19H26GeN.Ir/c1-15-9-10-19-18-7-4-8-20(22(18)26-23(19)25-15)21-14-17(11-12-24-21)13-16-5-2-3-6-16;1-19(2,3)13-16-12-18(15-10-8-7-9-11-15)21-14-17(16)20(4,5)6;/h4,7,9-12,14,16H,2-3,5-6,13H2,1H3;7-10,12,14H,13H2,1-6H3;/q2*-1;. The Morgan fingerprint density at radius 3 is 2.38 bits per heavy atom. The molecule has 6 heteroatoms. The molecule has 1 aliphatic carbocycles. The van der Waals surface area contributed by atoms with Crippen LogP contribution in [-0.4, -0.2) is 28.2 Å². The number of nitrogens with zero attached hydrogens (tertiary/aromatic N) is 3. The molecular formula is C42H47GeIrN3O-2. The summed E-state index contributed by atoms with van der Waals surface area (Å²) in [5.41, 5.74) is 9.59. The Kier molecular flexibility index (Phi) is 11.4. The molecule has 7 rings (SSSR count). The zero-order valence-corrected chi connectivity index (χ0v) is 33.9. The molecule has 0 atom stereocenters.